The molecule has 0 spiro atoms. The van der Waals surface area contributed by atoms with Gasteiger partial charge in [0.05, 0.1) is 11.5 Å². The van der Waals surface area contributed by atoms with E-state index in [1.54, 1.807) is 20.8 Å². The van der Waals surface area contributed by atoms with Gasteiger partial charge >= 0.3 is 12.1 Å². The van der Waals surface area contributed by atoms with Crippen molar-refractivity contribution in [2.45, 2.75) is 53.6 Å². The average molecular weight is 480 g/mol. The van der Waals surface area contributed by atoms with Crippen LogP contribution >= 0.6 is 0 Å². The van der Waals surface area contributed by atoms with E-state index in [9.17, 15) is 18.0 Å². The zero-order chi connectivity index (χ0) is 25.0. The average Bonchev–Trinajstić information content (AvgIpc) is 2.76. The number of hydrogen-bond acceptors (Lipinski definition) is 6. The van der Waals surface area contributed by atoms with Crippen LogP contribution in [0, 0.1) is 19.8 Å². The van der Waals surface area contributed by atoms with Gasteiger partial charge in [-0.25, -0.2) is 4.98 Å². The van der Waals surface area contributed by atoms with Crippen LogP contribution in [0.3, 0.4) is 0 Å². The molecule has 34 heavy (non-hydrogen) atoms. The maximum Gasteiger partial charge on any atom is 0.417 e. The molecule has 2 heterocycles. The minimum absolute atomic E-state index is 0.217. The lowest BCUT2D eigenvalue weighted by molar-refractivity contribution is -0.165. The molecule has 1 saturated heterocycles. The van der Waals surface area contributed by atoms with Crippen LogP contribution in [0.15, 0.2) is 30.5 Å². The molecule has 1 fully saturated rings. The Labute approximate surface area is 198 Å². The van der Waals surface area contributed by atoms with Gasteiger partial charge in [0.25, 0.3) is 0 Å². The van der Waals surface area contributed by atoms with Crippen LogP contribution < -0.4 is 9.64 Å². The zero-order valence-corrected chi connectivity index (χ0v) is 20.3. The Bertz CT molecular complexity index is 962. The number of aryl methyl sites for hydroxylation is 2. The molecule has 0 saturated carbocycles. The monoisotopic (exact) mass is 479 g/mol. The molecule has 1 aliphatic rings. The number of nitrogens with zero attached hydrogens (tertiary/aromatic N) is 3. The van der Waals surface area contributed by atoms with Crippen LogP contribution in [-0.4, -0.2) is 48.3 Å². The van der Waals surface area contributed by atoms with Crippen LogP contribution in [-0.2, 0) is 22.3 Å². The van der Waals surface area contributed by atoms with Crippen molar-refractivity contribution >= 4 is 11.8 Å². The molecule has 0 N–H and O–H groups in total. The van der Waals surface area contributed by atoms with Gasteiger partial charge in [0, 0.05) is 45.8 Å². The molecule has 6 nitrogen and oxygen atoms in total. The highest BCUT2D eigenvalue weighted by Crippen LogP contribution is 2.30. The minimum atomic E-state index is -4.38. The first-order valence-electron chi connectivity index (χ1n) is 11.4. The van der Waals surface area contributed by atoms with Gasteiger partial charge in [-0.3, -0.25) is 9.69 Å². The molecule has 1 aromatic carbocycles. The number of benzene rings is 1. The Morgan fingerprint density at radius 1 is 1.06 bits per heavy atom. The highest BCUT2D eigenvalue weighted by Gasteiger charge is 2.31. The lowest BCUT2D eigenvalue weighted by Crippen LogP contribution is -2.46. The summed E-state index contributed by atoms with van der Waals surface area (Å²) in [4.78, 5) is 20.1. The third-order valence-corrected chi connectivity index (χ3v) is 5.74. The van der Waals surface area contributed by atoms with Crippen molar-refractivity contribution in [3.8, 4) is 5.75 Å². The maximum absolute atomic E-state index is 12.8. The molecule has 3 rings (SSSR count). The van der Waals surface area contributed by atoms with Gasteiger partial charge in [0.2, 0.25) is 6.29 Å². The summed E-state index contributed by atoms with van der Waals surface area (Å²) in [7, 11) is 0. The van der Waals surface area contributed by atoms with Gasteiger partial charge in [-0.05, 0) is 42.7 Å². The molecular formula is C25H32F3N3O3. The highest BCUT2D eigenvalue weighted by molar-refractivity contribution is 5.71. The van der Waals surface area contributed by atoms with E-state index in [2.05, 4.69) is 22.0 Å². The Morgan fingerprint density at radius 3 is 2.18 bits per heavy atom. The molecule has 1 unspecified atom stereocenters. The molecule has 0 aliphatic carbocycles. The fourth-order valence-corrected chi connectivity index (χ4v) is 3.94. The van der Waals surface area contributed by atoms with Crippen molar-refractivity contribution in [1.82, 2.24) is 9.88 Å². The minimum Gasteiger partial charge on any atom is -0.455 e. The Balaban J connectivity index is 1.56. The predicted molar refractivity (Wildman–Crippen MR) is 124 cm³/mol. The van der Waals surface area contributed by atoms with Crippen molar-refractivity contribution in [3.05, 3.63) is 52.7 Å². The normalized spacial score (nSPS) is 16.0. The number of pyridine rings is 1. The molecule has 1 atom stereocenters. The van der Waals surface area contributed by atoms with Gasteiger partial charge in [0.1, 0.15) is 11.6 Å². The van der Waals surface area contributed by atoms with Crippen molar-refractivity contribution in [1.29, 1.82) is 0 Å². The Kier molecular flexibility index (Phi) is 8.07. The standard InChI is InChI=1S/C25H32F3N3O3/c1-16(2)24(32)34-19(5)33-23-17(3)12-20(13-18(23)4)15-30-8-10-31(11-9-30)22-7-6-21(14-29-22)25(26,27)28/h6-7,12-14,16,19H,8-11,15H2,1-5H3. The van der Waals surface area contributed by atoms with E-state index in [0.717, 1.165) is 48.6 Å². The number of ether oxygens (including phenoxy) is 2. The van der Waals surface area contributed by atoms with Gasteiger partial charge in [0.15, 0.2) is 0 Å². The lowest BCUT2D eigenvalue weighted by atomic mass is 10.0. The molecule has 2 aromatic rings. The van der Waals surface area contributed by atoms with Gasteiger partial charge < -0.3 is 14.4 Å². The second kappa shape index (κ2) is 10.6. The third kappa shape index (κ3) is 6.62. The van der Waals surface area contributed by atoms with Crippen molar-refractivity contribution in [2.75, 3.05) is 31.1 Å². The number of anilines is 1. The summed E-state index contributed by atoms with van der Waals surface area (Å²) in [5.41, 5.74) is 2.35. The van der Waals surface area contributed by atoms with Crippen molar-refractivity contribution in [2.24, 2.45) is 5.92 Å². The number of alkyl halides is 3. The van der Waals surface area contributed by atoms with Crippen LogP contribution in [0.2, 0.25) is 0 Å². The summed E-state index contributed by atoms with van der Waals surface area (Å²) in [6.45, 7) is 12.9. The summed E-state index contributed by atoms with van der Waals surface area (Å²) < 4.78 is 49.5. The number of halogens is 3. The van der Waals surface area contributed by atoms with Gasteiger partial charge in [-0.2, -0.15) is 13.2 Å². The van der Waals surface area contributed by atoms with Crippen molar-refractivity contribution in [3.63, 3.8) is 0 Å². The van der Waals surface area contributed by atoms with E-state index >= 15 is 0 Å². The number of carbonyl (C=O) groups is 1. The van der Waals surface area contributed by atoms with E-state index in [1.807, 2.05) is 18.7 Å². The van der Waals surface area contributed by atoms with E-state index in [1.165, 1.54) is 6.07 Å². The zero-order valence-electron chi connectivity index (χ0n) is 20.3. The second-order valence-electron chi connectivity index (χ2n) is 9.00. The molecule has 0 amide bonds. The number of carbonyl (C=O) groups excluding carboxylic acids is 1. The number of aromatic nitrogens is 1. The van der Waals surface area contributed by atoms with Crippen molar-refractivity contribution < 1.29 is 27.4 Å². The molecule has 0 bridgehead atoms. The number of hydrogen-bond donors (Lipinski definition) is 0. The predicted octanol–water partition coefficient (Wildman–Crippen LogP) is 4.96. The summed E-state index contributed by atoms with van der Waals surface area (Å²) in [6.07, 6.45) is -4.16. The second-order valence-corrected chi connectivity index (χ2v) is 9.00. The fraction of sp³-hybridized carbons (Fsp3) is 0.520. The summed E-state index contributed by atoms with van der Waals surface area (Å²) in [5.74, 6) is 0.760. The molecule has 0 radical (unpaired) electrons. The van der Waals surface area contributed by atoms with E-state index in [-0.39, 0.29) is 11.9 Å². The summed E-state index contributed by atoms with van der Waals surface area (Å²) in [5, 5.41) is 0. The largest absolute Gasteiger partial charge is 0.455 e. The molecule has 9 heteroatoms. The van der Waals surface area contributed by atoms with Crippen LogP contribution in [0.25, 0.3) is 0 Å². The molecule has 1 aliphatic heterocycles. The number of piperazine rings is 1. The first kappa shape index (κ1) is 25.8. The third-order valence-electron chi connectivity index (χ3n) is 5.74. The quantitative estimate of drug-likeness (QED) is 0.413. The van der Waals surface area contributed by atoms with Gasteiger partial charge in [-0.15, -0.1) is 0 Å². The van der Waals surface area contributed by atoms with Crippen LogP contribution in [0.5, 0.6) is 5.75 Å². The lowest BCUT2D eigenvalue weighted by Gasteiger charge is -2.35. The topological polar surface area (TPSA) is 54.9 Å². The van der Waals surface area contributed by atoms with Crippen LogP contribution in [0.4, 0.5) is 19.0 Å². The molecule has 186 valence electrons. The van der Waals surface area contributed by atoms with Crippen LogP contribution in [0.1, 0.15) is 43.0 Å². The van der Waals surface area contributed by atoms with E-state index < -0.39 is 18.0 Å². The van der Waals surface area contributed by atoms with E-state index in [4.69, 9.17) is 9.47 Å². The first-order chi connectivity index (χ1) is 15.9. The number of rotatable bonds is 7. The fourth-order valence-electron chi connectivity index (χ4n) is 3.94. The molecule has 1 aromatic heterocycles. The summed E-state index contributed by atoms with van der Waals surface area (Å²) >= 11 is 0. The SMILES string of the molecule is Cc1cc(CN2CCN(c3ccc(C(F)(F)F)cn3)CC2)cc(C)c1OC(C)OC(=O)C(C)C. The smallest absolute Gasteiger partial charge is 0.417 e. The Morgan fingerprint density at radius 2 is 1.68 bits per heavy atom. The summed E-state index contributed by atoms with van der Waals surface area (Å²) in [6, 6.07) is 6.66. The first-order valence-corrected chi connectivity index (χ1v) is 11.4. The Hall–Kier alpha value is -2.81. The maximum atomic E-state index is 12.8. The van der Waals surface area contributed by atoms with Gasteiger partial charge in [-0.1, -0.05) is 26.0 Å². The highest BCUT2D eigenvalue weighted by atomic mass is 19.4. The van der Waals surface area contributed by atoms with E-state index in [0.29, 0.717) is 24.7 Å². The molecular weight excluding hydrogens is 447 g/mol. The number of esters is 1.